The Kier molecular flexibility index (Phi) is 35.6. The lowest BCUT2D eigenvalue weighted by Gasteiger charge is -2.33. The van der Waals surface area contributed by atoms with Crippen LogP contribution in [0, 0.1) is 23.7 Å². The Morgan fingerprint density at radius 1 is 0.644 bits per heavy atom. The van der Waals surface area contributed by atoms with Crippen LogP contribution in [0.2, 0.25) is 0 Å². The van der Waals surface area contributed by atoms with Gasteiger partial charge < -0.3 is 79.8 Å². The number of aliphatic hydroxyl groups excluding tert-OH is 2. The minimum absolute atomic E-state index is 0.0165. The van der Waals surface area contributed by atoms with Crippen molar-refractivity contribution in [3.63, 3.8) is 0 Å². The van der Waals surface area contributed by atoms with Crippen molar-refractivity contribution < 1.29 is 77.3 Å². The van der Waals surface area contributed by atoms with Crippen LogP contribution in [0.4, 0.5) is 0 Å². The molecular formula is C75H113N13O16. The summed E-state index contributed by atoms with van der Waals surface area (Å²) in [6.07, 6.45) is 6.97. The topological polar surface area (TPSA) is 468 Å². The predicted molar refractivity (Wildman–Crippen MR) is 390 cm³/mol. The van der Waals surface area contributed by atoms with E-state index in [1.54, 1.807) is 42.6 Å². The Hall–Kier alpha value is -9.22. The second-order valence-electron chi connectivity index (χ2n) is 28.9. The van der Waals surface area contributed by atoms with Crippen LogP contribution in [0.3, 0.4) is 0 Å². The third-order valence-corrected chi connectivity index (χ3v) is 18.7. The molecule has 2 heterocycles. The van der Waals surface area contributed by atoms with Crippen LogP contribution in [0.15, 0.2) is 72.9 Å². The number of nitrogens with two attached hydrogens (primary N) is 2. The molecule has 17 N–H and O–H groups in total. The van der Waals surface area contributed by atoms with Crippen LogP contribution in [0.25, 0.3) is 10.9 Å². The number of rotatable bonds is 28. The number of aromatic amines is 1. The van der Waals surface area contributed by atoms with Crippen molar-refractivity contribution in [3.05, 3.63) is 84.1 Å². The van der Waals surface area contributed by atoms with Crippen molar-refractivity contribution in [1.82, 2.24) is 58.2 Å². The van der Waals surface area contributed by atoms with Gasteiger partial charge in [-0.15, -0.1) is 0 Å². The van der Waals surface area contributed by atoms with Gasteiger partial charge in [-0.3, -0.25) is 67.1 Å². The molecule has 0 bridgehead atoms. The number of carbonyl (C=O) groups excluding carboxylic acids is 14. The predicted octanol–water partition coefficient (Wildman–Crippen LogP) is 2.15. The number of primary amides is 2. The van der Waals surface area contributed by atoms with Gasteiger partial charge in [0.2, 0.25) is 76.5 Å². The third-order valence-electron chi connectivity index (χ3n) is 18.7. The monoisotopic (exact) mass is 1450 g/mol. The van der Waals surface area contributed by atoms with Crippen LogP contribution in [0.5, 0.6) is 0 Å². The van der Waals surface area contributed by atoms with Crippen molar-refractivity contribution in [2.75, 3.05) is 13.2 Å². The van der Waals surface area contributed by atoms with E-state index in [1.807, 2.05) is 58.0 Å². The van der Waals surface area contributed by atoms with Gasteiger partial charge in [0.15, 0.2) is 5.78 Å². The van der Waals surface area contributed by atoms with Crippen molar-refractivity contribution in [1.29, 1.82) is 0 Å². The van der Waals surface area contributed by atoms with Gasteiger partial charge in [-0.05, 0) is 135 Å². The minimum atomic E-state index is -1.78. The summed E-state index contributed by atoms with van der Waals surface area (Å²) in [5.74, 6) is -13.9. The number of allylic oxidation sites excluding steroid dienone is 2. The molecule has 0 saturated heterocycles. The molecule has 2 aromatic carbocycles. The molecule has 104 heavy (non-hydrogen) atoms. The number of nitrogens with one attached hydrogen (secondary N) is 11. The quantitative estimate of drug-likeness (QED) is 0.0366. The average molecular weight is 1450 g/mol. The summed E-state index contributed by atoms with van der Waals surface area (Å²) >= 11 is 0. The first-order valence-corrected chi connectivity index (χ1v) is 36.2. The fraction of sp³-hybridized carbons (Fsp3) is 0.600. The number of fused-ring (bicyclic) bond motifs is 1. The van der Waals surface area contributed by atoms with E-state index in [2.05, 4.69) is 58.2 Å². The Morgan fingerprint density at radius 3 is 1.90 bits per heavy atom. The second kappa shape index (κ2) is 42.5. The van der Waals surface area contributed by atoms with Crippen LogP contribution < -0.4 is 64.6 Å². The lowest BCUT2D eigenvalue weighted by molar-refractivity contribution is -0.141. The molecule has 1 aliphatic rings. The van der Waals surface area contributed by atoms with E-state index in [-0.39, 0.29) is 63.3 Å². The van der Waals surface area contributed by atoms with Crippen molar-refractivity contribution in [3.8, 4) is 0 Å². The first-order chi connectivity index (χ1) is 49.0. The Bertz CT molecular complexity index is 3490. The van der Waals surface area contributed by atoms with Gasteiger partial charge in [0.1, 0.15) is 41.8 Å². The smallest absolute Gasteiger partial charge is 0.246 e. The standard InChI is InChI=1S/C75H113N13O16/c1-43(2)30-31-51-40-79-56(32-33-61(76)93)64(95)63(94)45(5)80-67(98)52(38-53-41-78-55-29-23-22-28-54(53)55)39-60(92)74(10,88-71(102)58(37-50-26-20-19-21-27-50)84-72(103)62(48(8)90)86-69(100)57(36-44(3)4)83-49(9)91)34-24-17-15-13-12-14-16-18-25-35-75(11,87-68(51)99)73(104)85-59(42-89)70(101)82-47(7)66(97)81-46(6)65(77)96/h14,16,19-23,26-29,41,43-48,51-52,56-59,62,78-79,89-90H,12-13,15,17-18,24-25,30-40,42H2,1-11H3,(H2,76,93)(H2,77,96)(H,80,98)(H,81,97)(H,82,101)(H,83,91)(H,84,103)(H,85,104)(H,86,100)(H,87,99)(H,88,102)/b16-14-/t45-,46?,47-,48+,51+,52+,56-,57-,58-,59?,62-,74+,75-/m0/s1. The number of aromatic nitrogens is 1. The molecule has 2 unspecified atom stereocenters. The molecule has 3 aromatic rings. The number of hydrogen-bond donors (Lipinski definition) is 15. The molecule has 13 atom stereocenters. The van der Waals surface area contributed by atoms with E-state index in [0.29, 0.717) is 62.5 Å². The maximum atomic E-state index is 15.5. The van der Waals surface area contributed by atoms with Gasteiger partial charge in [-0.25, -0.2) is 0 Å². The van der Waals surface area contributed by atoms with E-state index in [9.17, 15) is 63.0 Å². The van der Waals surface area contributed by atoms with Crippen LogP contribution >= 0.6 is 0 Å². The lowest BCUT2D eigenvalue weighted by atomic mass is 9.82. The number of para-hydroxylation sites is 1. The lowest BCUT2D eigenvalue weighted by Crippen LogP contribution is -2.63. The molecular weight excluding hydrogens is 1340 g/mol. The molecule has 11 amide bonds. The van der Waals surface area contributed by atoms with Crippen molar-refractivity contribution >= 4 is 93.2 Å². The zero-order chi connectivity index (χ0) is 77.6. The van der Waals surface area contributed by atoms with Gasteiger partial charge in [-0.1, -0.05) is 114 Å². The maximum absolute atomic E-state index is 15.5. The van der Waals surface area contributed by atoms with E-state index in [1.165, 1.54) is 48.5 Å². The average Bonchev–Trinajstić information content (AvgIpc) is 1.42. The minimum Gasteiger partial charge on any atom is -0.394 e. The highest BCUT2D eigenvalue weighted by molar-refractivity contribution is 6.41. The SMILES string of the molecule is CC(=O)N[C@@H](CC(C)C)C(=O)N[C@H](C(=O)N[C@@H](Cc1ccccc1)C(=O)N[C@]1(C)CCCCCC/C=C\CCC[C@@](C)(C(=O)NC(CO)C(=O)N[C@@H](C)C(=O)NC(C)C(N)=O)NC(=O)[C@H](CCC(C)C)CN[C@@H](CCC(N)=O)C(=O)C(=O)[C@H](C)NC(=O)[C@H](Cc2c[nH]c3ccccc23)CC1=O)[C@@H](C)O. The summed E-state index contributed by atoms with van der Waals surface area (Å²) in [5.41, 5.74) is 9.27. The summed E-state index contributed by atoms with van der Waals surface area (Å²) in [5, 5.41) is 48.8. The Morgan fingerprint density at radius 2 is 1.28 bits per heavy atom. The third kappa shape index (κ3) is 28.4. The summed E-state index contributed by atoms with van der Waals surface area (Å²) in [6.45, 7) is 15.7. The summed E-state index contributed by atoms with van der Waals surface area (Å²) in [6, 6.07) is 4.80. The first-order valence-electron chi connectivity index (χ1n) is 36.2. The first kappa shape index (κ1) is 87.2. The molecule has 0 saturated carbocycles. The largest absolute Gasteiger partial charge is 0.394 e. The molecule has 29 heteroatoms. The molecule has 0 spiro atoms. The molecule has 574 valence electrons. The van der Waals surface area contributed by atoms with E-state index < -0.39 is 179 Å². The molecule has 0 aliphatic carbocycles. The van der Waals surface area contributed by atoms with Gasteiger partial charge in [-0.2, -0.15) is 0 Å². The van der Waals surface area contributed by atoms with Gasteiger partial charge in [0, 0.05) is 55.7 Å². The van der Waals surface area contributed by atoms with E-state index in [0.717, 1.165) is 10.9 Å². The van der Waals surface area contributed by atoms with Gasteiger partial charge in [0.05, 0.1) is 36.3 Å². The molecule has 29 nitrogen and oxygen atoms in total. The molecule has 4 rings (SSSR count). The highest BCUT2D eigenvalue weighted by Gasteiger charge is 2.43. The molecule has 1 aliphatic heterocycles. The van der Waals surface area contributed by atoms with E-state index >= 15 is 14.4 Å². The Balaban J connectivity index is 1.80. The number of ketones is 3. The van der Waals surface area contributed by atoms with Crippen LogP contribution in [-0.4, -0.2) is 176 Å². The molecule has 0 fully saturated rings. The normalized spacial score (nSPS) is 22.7. The zero-order valence-electron chi connectivity index (χ0n) is 62.1. The molecule has 0 radical (unpaired) electrons. The molecule has 1 aromatic heterocycles. The maximum Gasteiger partial charge on any atom is 0.246 e. The number of aliphatic hydroxyl groups is 2. The van der Waals surface area contributed by atoms with Gasteiger partial charge in [0.25, 0.3) is 0 Å². The fourth-order valence-electron chi connectivity index (χ4n) is 12.2. The number of amides is 11. The fourth-order valence-corrected chi connectivity index (χ4v) is 12.2. The van der Waals surface area contributed by atoms with Gasteiger partial charge >= 0.3 is 0 Å². The van der Waals surface area contributed by atoms with Crippen molar-refractivity contribution in [2.24, 2.45) is 35.1 Å². The Labute approximate surface area is 609 Å². The zero-order valence-corrected chi connectivity index (χ0v) is 62.1. The number of Topliss-reactive ketones (excluding diaryl/α,β-unsaturated/α-hetero) is 3. The second-order valence-corrected chi connectivity index (χ2v) is 28.9. The number of carbonyl (C=O) groups is 14. The number of H-pyrrole nitrogens is 1. The van der Waals surface area contributed by atoms with Crippen LogP contribution in [-0.2, 0) is 80.0 Å². The summed E-state index contributed by atoms with van der Waals surface area (Å²) in [7, 11) is 0. The van der Waals surface area contributed by atoms with Crippen LogP contribution in [0.1, 0.15) is 184 Å². The number of hydrogen-bond acceptors (Lipinski definition) is 17. The summed E-state index contributed by atoms with van der Waals surface area (Å²) < 4.78 is 0. The van der Waals surface area contributed by atoms with E-state index in [4.69, 9.17) is 11.5 Å². The summed E-state index contributed by atoms with van der Waals surface area (Å²) in [4.78, 5) is 198. The highest BCUT2D eigenvalue weighted by Crippen LogP contribution is 2.28. The van der Waals surface area contributed by atoms with Crippen molar-refractivity contribution in [2.45, 2.75) is 251 Å². The highest BCUT2D eigenvalue weighted by atomic mass is 16.3. The number of benzene rings is 2.